The van der Waals surface area contributed by atoms with Crippen molar-refractivity contribution in [3.05, 3.63) is 12.7 Å². The molecule has 0 spiro atoms. The van der Waals surface area contributed by atoms with Gasteiger partial charge in [0.05, 0.1) is 0 Å². The minimum Gasteiger partial charge on any atom is -0.340 e. The lowest BCUT2D eigenvalue weighted by Gasteiger charge is -2.47. The second-order valence-corrected chi connectivity index (χ2v) is 5.29. The van der Waals surface area contributed by atoms with Gasteiger partial charge < -0.3 is 10.2 Å². The summed E-state index contributed by atoms with van der Waals surface area (Å²) >= 11 is 0. The molecular formula is C15H26N2O2. The summed E-state index contributed by atoms with van der Waals surface area (Å²) in [4.78, 5) is 26.9. The smallest absolute Gasteiger partial charge is 0.249 e. The van der Waals surface area contributed by atoms with Crippen LogP contribution in [0.25, 0.3) is 0 Å². The first-order chi connectivity index (χ1) is 8.97. The average Bonchev–Trinajstić information content (AvgIpc) is 2.40. The highest BCUT2D eigenvalue weighted by Crippen LogP contribution is 2.28. The van der Waals surface area contributed by atoms with Crippen molar-refractivity contribution in [1.82, 2.24) is 10.2 Å². The van der Waals surface area contributed by atoms with Crippen LogP contribution in [0.5, 0.6) is 0 Å². The third kappa shape index (κ3) is 2.67. The molecule has 2 amide bonds. The molecule has 0 saturated carbocycles. The predicted molar refractivity (Wildman–Crippen MR) is 76.7 cm³/mol. The van der Waals surface area contributed by atoms with Gasteiger partial charge in [0.2, 0.25) is 11.8 Å². The van der Waals surface area contributed by atoms with Gasteiger partial charge in [-0.25, -0.2) is 0 Å². The number of carbonyl (C=O) groups excluding carboxylic acids is 2. The molecule has 1 N–H and O–H groups in total. The molecule has 1 saturated heterocycles. The highest BCUT2D eigenvalue weighted by Gasteiger charge is 2.49. The number of rotatable bonds is 6. The number of piperazine rings is 1. The first-order valence-corrected chi connectivity index (χ1v) is 7.23. The molecule has 1 aliphatic rings. The molecule has 1 heterocycles. The Labute approximate surface area is 116 Å². The van der Waals surface area contributed by atoms with Gasteiger partial charge in [-0.3, -0.25) is 9.59 Å². The van der Waals surface area contributed by atoms with Crippen LogP contribution in [0.1, 0.15) is 53.4 Å². The Bertz CT molecular complexity index is 361. The minimum atomic E-state index is -0.724. The van der Waals surface area contributed by atoms with E-state index in [1.807, 2.05) is 27.7 Å². The van der Waals surface area contributed by atoms with Gasteiger partial charge in [0.25, 0.3) is 0 Å². The average molecular weight is 266 g/mol. The Morgan fingerprint density at radius 2 is 1.95 bits per heavy atom. The van der Waals surface area contributed by atoms with Crippen molar-refractivity contribution in [2.45, 2.75) is 71.0 Å². The van der Waals surface area contributed by atoms with E-state index in [9.17, 15) is 9.59 Å². The summed E-state index contributed by atoms with van der Waals surface area (Å²) in [6.45, 7) is 11.5. The summed E-state index contributed by atoms with van der Waals surface area (Å²) in [6.07, 6.45) is 4.40. The summed E-state index contributed by atoms with van der Waals surface area (Å²) < 4.78 is 0. The first-order valence-electron chi connectivity index (χ1n) is 7.23. The van der Waals surface area contributed by atoms with E-state index in [-0.39, 0.29) is 23.9 Å². The molecule has 0 aromatic carbocycles. The number of hydrogen-bond donors (Lipinski definition) is 1. The number of amides is 2. The van der Waals surface area contributed by atoms with Gasteiger partial charge in [0.15, 0.2) is 0 Å². The van der Waals surface area contributed by atoms with E-state index in [1.165, 1.54) is 0 Å². The summed E-state index contributed by atoms with van der Waals surface area (Å²) in [6, 6.07) is -0.341. The van der Waals surface area contributed by atoms with Crippen molar-refractivity contribution in [2.24, 2.45) is 0 Å². The normalized spacial score (nSPS) is 24.0. The Morgan fingerprint density at radius 3 is 2.37 bits per heavy atom. The van der Waals surface area contributed by atoms with Crippen LogP contribution in [0.3, 0.4) is 0 Å². The zero-order chi connectivity index (χ0) is 14.6. The molecule has 1 fully saturated rings. The largest absolute Gasteiger partial charge is 0.340 e. The predicted octanol–water partition coefficient (Wildman–Crippen LogP) is 2.25. The summed E-state index contributed by atoms with van der Waals surface area (Å²) in [5.74, 6) is 0.0278. The quantitative estimate of drug-likeness (QED) is 0.750. The third-order valence-corrected chi connectivity index (χ3v) is 4.22. The van der Waals surface area contributed by atoms with E-state index < -0.39 is 5.54 Å². The Hall–Kier alpha value is -1.32. The Kier molecular flexibility index (Phi) is 5.15. The molecule has 1 rings (SSSR count). The molecule has 0 aliphatic carbocycles. The monoisotopic (exact) mass is 266 g/mol. The molecule has 1 aliphatic heterocycles. The molecule has 19 heavy (non-hydrogen) atoms. The molecule has 4 nitrogen and oxygen atoms in total. The van der Waals surface area contributed by atoms with Crippen molar-refractivity contribution in [3.63, 3.8) is 0 Å². The Morgan fingerprint density at radius 1 is 1.37 bits per heavy atom. The fraction of sp³-hybridized carbons (Fsp3) is 0.733. The van der Waals surface area contributed by atoms with Crippen LogP contribution < -0.4 is 5.32 Å². The van der Waals surface area contributed by atoms with Gasteiger partial charge in [-0.2, -0.15) is 0 Å². The molecule has 2 atom stereocenters. The molecule has 0 radical (unpaired) electrons. The van der Waals surface area contributed by atoms with Crippen molar-refractivity contribution >= 4 is 11.8 Å². The topological polar surface area (TPSA) is 49.4 Å². The summed E-state index contributed by atoms with van der Waals surface area (Å²) in [5.41, 5.74) is -0.724. The first kappa shape index (κ1) is 15.7. The molecule has 0 aromatic heterocycles. The lowest BCUT2D eigenvalue weighted by atomic mass is 9.85. The van der Waals surface area contributed by atoms with E-state index in [2.05, 4.69) is 11.9 Å². The maximum atomic E-state index is 12.8. The van der Waals surface area contributed by atoms with Gasteiger partial charge >= 0.3 is 0 Å². The minimum absolute atomic E-state index is 0.0125. The molecule has 108 valence electrons. The third-order valence-electron chi connectivity index (χ3n) is 4.22. The van der Waals surface area contributed by atoms with E-state index in [0.717, 1.165) is 0 Å². The van der Waals surface area contributed by atoms with Crippen LogP contribution in [0.4, 0.5) is 0 Å². The SMILES string of the molecule is C=CCC(C)N1C(=O)C(CC)(CC)NC(=O)C1CC. The fourth-order valence-electron chi connectivity index (χ4n) is 2.86. The van der Waals surface area contributed by atoms with Crippen LogP contribution in [0.15, 0.2) is 12.7 Å². The molecular weight excluding hydrogens is 240 g/mol. The lowest BCUT2D eigenvalue weighted by Crippen LogP contribution is -2.71. The number of nitrogens with one attached hydrogen (secondary N) is 1. The molecule has 4 heteroatoms. The zero-order valence-corrected chi connectivity index (χ0v) is 12.5. The number of nitrogens with zero attached hydrogens (tertiary/aromatic N) is 1. The molecule has 0 aromatic rings. The zero-order valence-electron chi connectivity index (χ0n) is 12.5. The van der Waals surface area contributed by atoms with Crippen LogP contribution in [-0.4, -0.2) is 34.3 Å². The number of hydrogen-bond acceptors (Lipinski definition) is 2. The maximum Gasteiger partial charge on any atom is 0.249 e. The van der Waals surface area contributed by atoms with E-state index in [1.54, 1.807) is 11.0 Å². The molecule has 0 bridgehead atoms. The number of carbonyl (C=O) groups is 2. The van der Waals surface area contributed by atoms with Gasteiger partial charge in [0, 0.05) is 6.04 Å². The van der Waals surface area contributed by atoms with Gasteiger partial charge in [-0.1, -0.05) is 26.8 Å². The van der Waals surface area contributed by atoms with Gasteiger partial charge in [-0.15, -0.1) is 6.58 Å². The van der Waals surface area contributed by atoms with E-state index in [4.69, 9.17) is 0 Å². The van der Waals surface area contributed by atoms with Crippen molar-refractivity contribution in [2.75, 3.05) is 0 Å². The van der Waals surface area contributed by atoms with Crippen LogP contribution in [-0.2, 0) is 9.59 Å². The highest BCUT2D eigenvalue weighted by molar-refractivity contribution is 6.00. The van der Waals surface area contributed by atoms with Crippen LogP contribution >= 0.6 is 0 Å². The van der Waals surface area contributed by atoms with E-state index in [0.29, 0.717) is 25.7 Å². The van der Waals surface area contributed by atoms with Gasteiger partial charge in [0.1, 0.15) is 11.6 Å². The van der Waals surface area contributed by atoms with Crippen molar-refractivity contribution < 1.29 is 9.59 Å². The van der Waals surface area contributed by atoms with Crippen LogP contribution in [0.2, 0.25) is 0 Å². The summed E-state index contributed by atoms with van der Waals surface area (Å²) in [5, 5.41) is 2.95. The van der Waals surface area contributed by atoms with Crippen molar-refractivity contribution in [3.8, 4) is 0 Å². The second-order valence-electron chi connectivity index (χ2n) is 5.29. The second kappa shape index (κ2) is 6.22. The standard InChI is InChI=1S/C15H26N2O2/c1-6-10-11(5)17-12(7-2)13(18)16-15(8-3,9-4)14(17)19/h6,11-12H,1,7-10H2,2-5H3,(H,16,18). The maximum absolute atomic E-state index is 12.8. The lowest BCUT2D eigenvalue weighted by molar-refractivity contribution is -0.158. The molecule has 2 unspecified atom stereocenters. The fourth-order valence-corrected chi connectivity index (χ4v) is 2.86. The highest BCUT2D eigenvalue weighted by atomic mass is 16.2. The van der Waals surface area contributed by atoms with Crippen molar-refractivity contribution in [1.29, 1.82) is 0 Å². The van der Waals surface area contributed by atoms with Crippen LogP contribution in [0, 0.1) is 0 Å². The van der Waals surface area contributed by atoms with E-state index >= 15 is 0 Å². The summed E-state index contributed by atoms with van der Waals surface area (Å²) in [7, 11) is 0. The van der Waals surface area contributed by atoms with Gasteiger partial charge in [-0.05, 0) is 32.6 Å². The Balaban J connectivity index is 3.15.